The first kappa shape index (κ1) is 27.4. The summed E-state index contributed by atoms with van der Waals surface area (Å²) in [6, 6.07) is 9.02. The Hall–Kier alpha value is -2.63. The highest BCUT2D eigenvalue weighted by Crippen LogP contribution is 2.22. The van der Waals surface area contributed by atoms with E-state index in [-0.39, 0.29) is 36.4 Å². The molecule has 0 fully saturated rings. The lowest BCUT2D eigenvalue weighted by Gasteiger charge is -2.10. The number of hydrogen-bond donors (Lipinski definition) is 4. The highest BCUT2D eigenvalue weighted by atomic mass is 127. The summed E-state index contributed by atoms with van der Waals surface area (Å²) >= 11 is 0. The van der Waals surface area contributed by atoms with Crippen molar-refractivity contribution in [3.05, 3.63) is 52.9 Å². The second kappa shape index (κ2) is 14.4. The lowest BCUT2D eigenvalue weighted by atomic mass is 9.99. The van der Waals surface area contributed by atoms with Crippen LogP contribution in [0.25, 0.3) is 0 Å². The van der Waals surface area contributed by atoms with Gasteiger partial charge in [0.2, 0.25) is 5.91 Å². The molecule has 0 radical (unpaired) electrons. The number of guanidine groups is 1. The molecule has 0 aliphatic rings. The Morgan fingerprint density at radius 3 is 2.38 bits per heavy atom. The lowest BCUT2D eigenvalue weighted by molar-refractivity contribution is -0.117. The van der Waals surface area contributed by atoms with Crippen molar-refractivity contribution in [3.63, 3.8) is 0 Å². The minimum Gasteiger partial charge on any atom is -0.368 e. The molecule has 2 aromatic rings. The summed E-state index contributed by atoms with van der Waals surface area (Å²) < 4.78 is 5.45. The number of nitrogens with two attached hydrogens (primary N) is 1. The maximum absolute atomic E-state index is 11.9. The van der Waals surface area contributed by atoms with Crippen LogP contribution in [-0.2, 0) is 17.9 Å². The summed E-state index contributed by atoms with van der Waals surface area (Å²) in [6.45, 7) is 7.75. The molecule has 5 N–H and O–H groups in total. The quantitative estimate of drug-likeness (QED) is 0.191. The molecule has 0 saturated carbocycles. The molecule has 0 atom stereocenters. The van der Waals surface area contributed by atoms with Gasteiger partial charge in [0.05, 0.1) is 25.3 Å². The maximum atomic E-state index is 11.9. The molecular weight excluding hydrogens is 523 g/mol. The summed E-state index contributed by atoms with van der Waals surface area (Å²) in [6.07, 6.45) is 2.07. The van der Waals surface area contributed by atoms with Crippen molar-refractivity contribution in [2.24, 2.45) is 10.7 Å². The average Bonchev–Trinajstić information content (AvgIpc) is 3.24. The summed E-state index contributed by atoms with van der Waals surface area (Å²) in [5.41, 5.74) is 7.42. The Morgan fingerprint density at radius 2 is 1.78 bits per heavy atom. The Kier molecular flexibility index (Phi) is 12.4. The molecule has 176 valence electrons. The Bertz CT molecular complexity index is 878. The van der Waals surface area contributed by atoms with E-state index in [9.17, 15) is 9.59 Å². The van der Waals surface area contributed by atoms with Crippen LogP contribution >= 0.6 is 24.0 Å². The number of hydrogen-bond acceptors (Lipinski definition) is 5. The van der Waals surface area contributed by atoms with Gasteiger partial charge in [-0.05, 0) is 37.5 Å². The average molecular weight is 556 g/mol. The van der Waals surface area contributed by atoms with Crippen molar-refractivity contribution in [1.29, 1.82) is 0 Å². The van der Waals surface area contributed by atoms with Crippen LogP contribution in [0.15, 0.2) is 39.8 Å². The number of primary amides is 1. The molecule has 0 spiro atoms. The fraction of sp³-hybridized carbons (Fsp3) is 0.455. The van der Waals surface area contributed by atoms with E-state index in [0.717, 1.165) is 36.4 Å². The van der Waals surface area contributed by atoms with E-state index in [4.69, 9.17) is 10.3 Å². The topological polar surface area (TPSA) is 135 Å². The summed E-state index contributed by atoms with van der Waals surface area (Å²) in [5.74, 6) is 0.911. The minimum absolute atomic E-state index is 0. The van der Waals surface area contributed by atoms with Crippen molar-refractivity contribution >= 4 is 41.8 Å². The van der Waals surface area contributed by atoms with E-state index in [2.05, 4.69) is 39.9 Å². The molecule has 1 aromatic heterocycles. The predicted molar refractivity (Wildman–Crippen MR) is 135 cm³/mol. The number of amides is 2. The van der Waals surface area contributed by atoms with Gasteiger partial charge in [0.25, 0.3) is 5.91 Å². The van der Waals surface area contributed by atoms with Gasteiger partial charge in [-0.2, -0.15) is 0 Å². The van der Waals surface area contributed by atoms with Crippen LogP contribution < -0.4 is 21.7 Å². The molecule has 2 amide bonds. The molecule has 1 aromatic carbocycles. The van der Waals surface area contributed by atoms with Crippen LogP contribution in [0.1, 0.15) is 66.9 Å². The van der Waals surface area contributed by atoms with Gasteiger partial charge >= 0.3 is 0 Å². The molecule has 0 bridgehead atoms. The van der Waals surface area contributed by atoms with Crippen molar-refractivity contribution < 1.29 is 14.1 Å². The summed E-state index contributed by atoms with van der Waals surface area (Å²) in [7, 11) is 0. The summed E-state index contributed by atoms with van der Waals surface area (Å²) in [4.78, 5) is 27.3. The SMILES string of the molecule is CCNC(=NCc1ccc(C(=O)NCC(N)=O)cc1)NCc1cc(C(CC)CC)no1.I. The third-order valence-electron chi connectivity index (χ3n) is 4.81. The number of halogens is 1. The normalized spacial score (nSPS) is 11.1. The monoisotopic (exact) mass is 556 g/mol. The van der Waals surface area contributed by atoms with Gasteiger partial charge in [0, 0.05) is 24.1 Å². The third-order valence-corrected chi connectivity index (χ3v) is 4.81. The van der Waals surface area contributed by atoms with E-state index in [0.29, 0.717) is 30.5 Å². The molecule has 1 heterocycles. The maximum Gasteiger partial charge on any atom is 0.251 e. The van der Waals surface area contributed by atoms with Crippen LogP contribution in [0.5, 0.6) is 0 Å². The number of carbonyl (C=O) groups excluding carboxylic acids is 2. The molecule has 2 rings (SSSR count). The first-order chi connectivity index (χ1) is 15.0. The zero-order valence-corrected chi connectivity index (χ0v) is 21.1. The zero-order valence-electron chi connectivity index (χ0n) is 18.8. The van der Waals surface area contributed by atoms with E-state index in [1.165, 1.54) is 0 Å². The van der Waals surface area contributed by atoms with E-state index in [1.807, 2.05) is 25.1 Å². The minimum atomic E-state index is -0.583. The standard InChI is InChI=1S/C22H32N6O3.HI/c1-4-16(5-2)19-11-18(31-28-19)13-27-22(24-6-3)26-12-15-7-9-17(10-8-15)21(30)25-14-20(23)29;/h7-11,16H,4-6,12-14H2,1-3H3,(H2,23,29)(H,25,30)(H2,24,26,27);1H. The van der Waals surface area contributed by atoms with Crippen molar-refractivity contribution in [1.82, 2.24) is 21.1 Å². The first-order valence-corrected chi connectivity index (χ1v) is 10.6. The van der Waals surface area contributed by atoms with Crippen LogP contribution in [-0.4, -0.2) is 36.0 Å². The number of nitrogens with zero attached hydrogens (tertiary/aromatic N) is 2. The van der Waals surface area contributed by atoms with Gasteiger partial charge in [0.1, 0.15) is 0 Å². The van der Waals surface area contributed by atoms with Gasteiger partial charge in [-0.3, -0.25) is 9.59 Å². The molecule has 10 heteroatoms. The largest absolute Gasteiger partial charge is 0.368 e. The fourth-order valence-corrected chi connectivity index (χ4v) is 3.03. The highest BCUT2D eigenvalue weighted by Gasteiger charge is 2.13. The number of nitrogens with one attached hydrogen (secondary N) is 3. The summed E-state index contributed by atoms with van der Waals surface area (Å²) in [5, 5.41) is 13.1. The number of benzene rings is 1. The van der Waals surface area contributed by atoms with E-state index < -0.39 is 5.91 Å². The van der Waals surface area contributed by atoms with E-state index >= 15 is 0 Å². The van der Waals surface area contributed by atoms with Crippen molar-refractivity contribution in [2.45, 2.75) is 52.6 Å². The predicted octanol–water partition coefficient (Wildman–Crippen LogP) is 2.67. The number of rotatable bonds is 11. The van der Waals surface area contributed by atoms with Gasteiger partial charge in [-0.25, -0.2) is 4.99 Å². The molecule has 32 heavy (non-hydrogen) atoms. The molecule has 0 aliphatic heterocycles. The molecule has 0 unspecified atom stereocenters. The fourth-order valence-electron chi connectivity index (χ4n) is 3.03. The van der Waals surface area contributed by atoms with Crippen molar-refractivity contribution in [2.75, 3.05) is 13.1 Å². The van der Waals surface area contributed by atoms with Gasteiger partial charge in [-0.1, -0.05) is 31.1 Å². The Morgan fingerprint density at radius 1 is 1.09 bits per heavy atom. The van der Waals surface area contributed by atoms with Gasteiger partial charge in [0.15, 0.2) is 11.7 Å². The number of aliphatic imine (C=N–C) groups is 1. The van der Waals surface area contributed by atoms with Crippen LogP contribution in [0, 0.1) is 0 Å². The smallest absolute Gasteiger partial charge is 0.251 e. The van der Waals surface area contributed by atoms with Gasteiger partial charge in [-0.15, -0.1) is 24.0 Å². The molecular formula is C22H33IN6O3. The van der Waals surface area contributed by atoms with E-state index in [1.54, 1.807) is 12.1 Å². The third kappa shape index (κ3) is 8.85. The van der Waals surface area contributed by atoms with Gasteiger partial charge < -0.3 is 26.2 Å². The van der Waals surface area contributed by atoms with Crippen molar-refractivity contribution in [3.8, 4) is 0 Å². The Labute approximate surface area is 206 Å². The number of aromatic nitrogens is 1. The lowest BCUT2D eigenvalue weighted by Crippen LogP contribution is -2.36. The second-order valence-electron chi connectivity index (χ2n) is 7.13. The van der Waals surface area contributed by atoms with Crippen LogP contribution in [0.4, 0.5) is 0 Å². The molecule has 0 aliphatic carbocycles. The van der Waals surface area contributed by atoms with Crippen LogP contribution in [0.2, 0.25) is 0 Å². The molecule has 9 nitrogen and oxygen atoms in total. The number of carbonyl (C=O) groups is 2. The highest BCUT2D eigenvalue weighted by molar-refractivity contribution is 14.0. The first-order valence-electron chi connectivity index (χ1n) is 10.6. The zero-order chi connectivity index (χ0) is 22.6. The van der Waals surface area contributed by atoms with Crippen LogP contribution in [0.3, 0.4) is 0 Å². The molecule has 0 saturated heterocycles. The second-order valence-corrected chi connectivity index (χ2v) is 7.13. The Balaban J connectivity index is 0.00000512.